The molecule has 0 spiro atoms. The molecule has 1 aliphatic heterocycles. The van der Waals surface area contributed by atoms with Crippen LogP contribution in [0.5, 0.6) is 0 Å². The number of aromatic nitrogens is 4. The number of amides is 2. The largest absolute Gasteiger partial charge is 0.325 e. The standard InChI is InChI=1S/C21H22N6O2S/c1-2-26-20(15-8-10-22-11-9-15)24-25-21(26)30-14-18(28)23-16-5-3-6-17(13-16)27-12-4-7-19(27)29/h3,5-6,8-11,13H,2,4,7,12,14H2,1H3,(H,23,28). The van der Waals surface area contributed by atoms with E-state index in [2.05, 4.69) is 20.5 Å². The van der Waals surface area contributed by atoms with Crippen LogP contribution in [0.25, 0.3) is 11.4 Å². The van der Waals surface area contributed by atoms with E-state index >= 15 is 0 Å². The number of hydrogen-bond acceptors (Lipinski definition) is 6. The molecule has 0 radical (unpaired) electrons. The first-order chi connectivity index (χ1) is 14.7. The average molecular weight is 423 g/mol. The number of rotatable bonds is 7. The lowest BCUT2D eigenvalue weighted by molar-refractivity contribution is -0.117. The second-order valence-corrected chi connectivity index (χ2v) is 7.76. The van der Waals surface area contributed by atoms with E-state index in [0.717, 1.165) is 30.0 Å². The molecular formula is C21H22N6O2S. The molecule has 0 bridgehead atoms. The zero-order valence-electron chi connectivity index (χ0n) is 16.6. The number of benzene rings is 1. The van der Waals surface area contributed by atoms with Crippen LogP contribution in [-0.4, -0.2) is 43.9 Å². The molecule has 1 N–H and O–H groups in total. The summed E-state index contributed by atoms with van der Waals surface area (Å²) in [6.45, 7) is 3.43. The smallest absolute Gasteiger partial charge is 0.234 e. The monoisotopic (exact) mass is 422 g/mol. The van der Waals surface area contributed by atoms with E-state index in [4.69, 9.17) is 0 Å². The van der Waals surface area contributed by atoms with Crippen molar-refractivity contribution in [3.8, 4) is 11.4 Å². The van der Waals surface area contributed by atoms with Crippen LogP contribution in [0.15, 0.2) is 53.9 Å². The molecule has 30 heavy (non-hydrogen) atoms. The topological polar surface area (TPSA) is 93.0 Å². The number of thioether (sulfide) groups is 1. The van der Waals surface area contributed by atoms with Gasteiger partial charge in [0.05, 0.1) is 5.75 Å². The minimum absolute atomic E-state index is 0.123. The highest BCUT2D eigenvalue weighted by molar-refractivity contribution is 7.99. The third-order valence-electron chi connectivity index (χ3n) is 4.82. The molecule has 3 heterocycles. The van der Waals surface area contributed by atoms with Crippen LogP contribution in [0.3, 0.4) is 0 Å². The van der Waals surface area contributed by atoms with Crippen molar-refractivity contribution in [1.29, 1.82) is 0 Å². The first kappa shape index (κ1) is 20.1. The summed E-state index contributed by atoms with van der Waals surface area (Å²) in [7, 11) is 0. The van der Waals surface area contributed by atoms with Gasteiger partial charge in [-0.2, -0.15) is 0 Å². The highest BCUT2D eigenvalue weighted by atomic mass is 32.2. The molecule has 1 aliphatic rings. The second-order valence-electron chi connectivity index (χ2n) is 6.82. The maximum atomic E-state index is 12.5. The fourth-order valence-electron chi connectivity index (χ4n) is 3.39. The lowest BCUT2D eigenvalue weighted by atomic mass is 10.2. The SMILES string of the molecule is CCn1c(SCC(=O)Nc2cccc(N3CCCC3=O)c2)nnc1-c1ccncc1. The number of carbonyl (C=O) groups excluding carboxylic acids is 2. The number of nitrogens with zero attached hydrogens (tertiary/aromatic N) is 5. The molecule has 2 amide bonds. The quantitative estimate of drug-likeness (QED) is 0.588. The Bertz CT molecular complexity index is 1050. The van der Waals surface area contributed by atoms with Crippen molar-refractivity contribution < 1.29 is 9.59 Å². The Hall–Kier alpha value is -3.20. The van der Waals surface area contributed by atoms with Crippen LogP contribution in [0.1, 0.15) is 19.8 Å². The molecule has 0 saturated carbocycles. The predicted octanol–water partition coefficient (Wildman–Crippen LogP) is 3.22. The molecule has 0 aliphatic carbocycles. The van der Waals surface area contributed by atoms with Crippen molar-refractivity contribution >= 4 is 35.0 Å². The maximum absolute atomic E-state index is 12.5. The maximum Gasteiger partial charge on any atom is 0.234 e. The van der Waals surface area contributed by atoms with Gasteiger partial charge in [0.15, 0.2) is 11.0 Å². The Morgan fingerprint density at radius 3 is 2.77 bits per heavy atom. The molecule has 9 heteroatoms. The Balaban J connectivity index is 1.40. The van der Waals surface area contributed by atoms with E-state index in [1.165, 1.54) is 11.8 Å². The number of nitrogens with one attached hydrogen (secondary N) is 1. The zero-order valence-corrected chi connectivity index (χ0v) is 17.4. The van der Waals surface area contributed by atoms with Gasteiger partial charge in [-0.1, -0.05) is 17.8 Å². The minimum atomic E-state index is -0.138. The second kappa shape index (κ2) is 9.08. The van der Waals surface area contributed by atoms with Gasteiger partial charge in [0, 0.05) is 48.8 Å². The van der Waals surface area contributed by atoms with Crippen LogP contribution in [0.2, 0.25) is 0 Å². The first-order valence-corrected chi connectivity index (χ1v) is 10.8. The number of pyridine rings is 1. The van der Waals surface area contributed by atoms with Crippen molar-refractivity contribution in [2.24, 2.45) is 0 Å². The van der Waals surface area contributed by atoms with Crippen molar-refractivity contribution in [2.75, 3.05) is 22.5 Å². The van der Waals surface area contributed by atoms with Gasteiger partial charge in [-0.3, -0.25) is 14.6 Å². The highest BCUT2D eigenvalue weighted by Crippen LogP contribution is 2.26. The van der Waals surface area contributed by atoms with Crippen molar-refractivity contribution in [1.82, 2.24) is 19.7 Å². The molecule has 1 aromatic carbocycles. The van der Waals surface area contributed by atoms with Crippen molar-refractivity contribution in [2.45, 2.75) is 31.5 Å². The van der Waals surface area contributed by atoms with E-state index in [1.807, 2.05) is 47.9 Å². The molecule has 1 saturated heterocycles. The van der Waals surface area contributed by atoms with E-state index in [0.29, 0.717) is 23.8 Å². The Kier molecular flexibility index (Phi) is 6.08. The molecule has 1 fully saturated rings. The fourth-order valence-corrected chi connectivity index (χ4v) is 4.20. The summed E-state index contributed by atoms with van der Waals surface area (Å²) in [5.74, 6) is 0.950. The van der Waals surface area contributed by atoms with E-state index in [-0.39, 0.29) is 17.6 Å². The van der Waals surface area contributed by atoms with Gasteiger partial charge >= 0.3 is 0 Å². The first-order valence-electron chi connectivity index (χ1n) is 9.82. The molecular weight excluding hydrogens is 400 g/mol. The molecule has 0 unspecified atom stereocenters. The third kappa shape index (κ3) is 4.35. The number of hydrogen-bond donors (Lipinski definition) is 1. The summed E-state index contributed by atoms with van der Waals surface area (Å²) in [6.07, 6.45) is 4.88. The van der Waals surface area contributed by atoms with Gasteiger partial charge in [-0.25, -0.2) is 0 Å². The van der Waals surface area contributed by atoms with Gasteiger partial charge in [0.2, 0.25) is 11.8 Å². The summed E-state index contributed by atoms with van der Waals surface area (Å²) >= 11 is 1.34. The van der Waals surface area contributed by atoms with Gasteiger partial charge in [0.25, 0.3) is 0 Å². The van der Waals surface area contributed by atoms with Crippen LogP contribution < -0.4 is 10.2 Å². The van der Waals surface area contributed by atoms with Crippen molar-refractivity contribution in [3.63, 3.8) is 0 Å². The van der Waals surface area contributed by atoms with Crippen molar-refractivity contribution in [3.05, 3.63) is 48.8 Å². The summed E-state index contributed by atoms with van der Waals surface area (Å²) < 4.78 is 1.98. The van der Waals surface area contributed by atoms with Crippen LogP contribution in [-0.2, 0) is 16.1 Å². The van der Waals surface area contributed by atoms with Gasteiger partial charge in [0.1, 0.15) is 0 Å². The molecule has 154 valence electrons. The van der Waals surface area contributed by atoms with E-state index < -0.39 is 0 Å². The lowest BCUT2D eigenvalue weighted by Crippen LogP contribution is -2.23. The fraction of sp³-hybridized carbons (Fsp3) is 0.286. The predicted molar refractivity (Wildman–Crippen MR) is 116 cm³/mol. The molecule has 2 aromatic heterocycles. The Morgan fingerprint density at radius 1 is 1.20 bits per heavy atom. The minimum Gasteiger partial charge on any atom is -0.325 e. The molecule has 4 rings (SSSR count). The van der Waals surface area contributed by atoms with Crippen LogP contribution in [0.4, 0.5) is 11.4 Å². The van der Waals surface area contributed by atoms with E-state index in [1.54, 1.807) is 17.3 Å². The normalized spacial score (nSPS) is 13.6. The molecule has 3 aromatic rings. The van der Waals surface area contributed by atoms with Crippen LogP contribution >= 0.6 is 11.8 Å². The van der Waals surface area contributed by atoms with Gasteiger partial charge in [-0.15, -0.1) is 10.2 Å². The van der Waals surface area contributed by atoms with Crippen LogP contribution in [0, 0.1) is 0 Å². The molecule has 0 atom stereocenters. The molecule has 8 nitrogen and oxygen atoms in total. The third-order valence-corrected chi connectivity index (χ3v) is 5.79. The zero-order chi connectivity index (χ0) is 20.9. The highest BCUT2D eigenvalue weighted by Gasteiger charge is 2.22. The average Bonchev–Trinajstić information content (AvgIpc) is 3.38. The summed E-state index contributed by atoms with van der Waals surface area (Å²) in [5, 5.41) is 12.1. The van der Waals surface area contributed by atoms with Gasteiger partial charge < -0.3 is 14.8 Å². The van der Waals surface area contributed by atoms with Gasteiger partial charge in [-0.05, 0) is 43.7 Å². The Morgan fingerprint density at radius 2 is 2.03 bits per heavy atom. The summed E-state index contributed by atoms with van der Waals surface area (Å²) in [5.41, 5.74) is 2.42. The summed E-state index contributed by atoms with van der Waals surface area (Å²) in [4.78, 5) is 30.2. The summed E-state index contributed by atoms with van der Waals surface area (Å²) in [6, 6.07) is 11.2. The Labute approximate surface area is 178 Å². The number of carbonyl (C=O) groups is 2. The number of anilines is 2. The lowest BCUT2D eigenvalue weighted by Gasteiger charge is -2.16. The van der Waals surface area contributed by atoms with E-state index in [9.17, 15) is 9.59 Å².